The number of halogens is 1. The van der Waals surface area contributed by atoms with Crippen LogP contribution in [0.4, 0.5) is 0 Å². The van der Waals surface area contributed by atoms with E-state index in [1.54, 1.807) is 12.1 Å². The summed E-state index contributed by atoms with van der Waals surface area (Å²) in [6.07, 6.45) is 5.03. The quantitative estimate of drug-likeness (QED) is 0.604. The molecule has 1 amide bonds. The van der Waals surface area contributed by atoms with Crippen molar-refractivity contribution in [3.63, 3.8) is 0 Å². The first-order chi connectivity index (χ1) is 10.9. The molecule has 1 saturated heterocycles. The number of hydrogen-bond donors (Lipinski definition) is 0. The number of esters is 1. The monoisotopic (exact) mass is 355 g/mol. The highest BCUT2D eigenvalue weighted by molar-refractivity contribution is 7.98. The molecule has 2 rings (SSSR count). The Kier molecular flexibility index (Phi) is 6.36. The molecule has 1 heterocycles. The van der Waals surface area contributed by atoms with Crippen LogP contribution in [0.3, 0.4) is 0 Å². The van der Waals surface area contributed by atoms with Crippen molar-refractivity contribution in [3.8, 4) is 0 Å². The van der Waals surface area contributed by atoms with Gasteiger partial charge in [0.15, 0.2) is 6.61 Å². The van der Waals surface area contributed by atoms with E-state index in [0.29, 0.717) is 10.6 Å². The molecule has 1 fully saturated rings. The van der Waals surface area contributed by atoms with E-state index in [1.165, 1.54) is 11.8 Å². The normalized spacial score (nSPS) is 21.1. The second-order valence-electron chi connectivity index (χ2n) is 5.85. The summed E-state index contributed by atoms with van der Waals surface area (Å²) in [7, 11) is 0. The van der Waals surface area contributed by atoms with Gasteiger partial charge in [-0.25, -0.2) is 4.79 Å². The Hall–Kier alpha value is -1.20. The van der Waals surface area contributed by atoms with Crippen molar-refractivity contribution in [3.05, 3.63) is 28.8 Å². The fraction of sp³-hybridized carbons (Fsp3) is 0.529. The molecule has 126 valence electrons. The minimum atomic E-state index is -0.559. The summed E-state index contributed by atoms with van der Waals surface area (Å²) in [5, 5.41) is 0.333. The van der Waals surface area contributed by atoms with E-state index in [4.69, 9.17) is 16.3 Å². The number of nitrogens with zero attached hydrogens (tertiary/aromatic N) is 1. The molecule has 1 aliphatic rings. The third-order valence-electron chi connectivity index (χ3n) is 4.20. The Morgan fingerprint density at radius 2 is 1.96 bits per heavy atom. The molecule has 0 saturated carbocycles. The van der Waals surface area contributed by atoms with Gasteiger partial charge in [0.2, 0.25) is 0 Å². The predicted octanol–water partition coefficient (Wildman–Crippen LogP) is 4.01. The molecule has 0 bridgehead atoms. The average molecular weight is 356 g/mol. The topological polar surface area (TPSA) is 46.6 Å². The van der Waals surface area contributed by atoms with Gasteiger partial charge in [0.25, 0.3) is 5.91 Å². The molecule has 0 radical (unpaired) electrons. The standard InChI is InChI=1S/C17H22ClNO3S/c1-11-5-4-6-12(2)19(11)16(20)10-22-17(21)14-9-13(23-3)7-8-15(14)18/h7-9,11-12H,4-6,10H2,1-3H3/t11-,12+. The minimum absolute atomic E-state index is 0.143. The Morgan fingerprint density at radius 3 is 2.57 bits per heavy atom. The van der Waals surface area contributed by atoms with Gasteiger partial charge in [-0.1, -0.05) is 11.6 Å². The van der Waals surface area contributed by atoms with Crippen LogP contribution in [0.15, 0.2) is 23.1 Å². The van der Waals surface area contributed by atoms with E-state index in [1.807, 2.05) is 31.1 Å². The number of benzene rings is 1. The third kappa shape index (κ3) is 4.42. The van der Waals surface area contributed by atoms with E-state index >= 15 is 0 Å². The van der Waals surface area contributed by atoms with Crippen LogP contribution in [-0.4, -0.2) is 41.7 Å². The van der Waals surface area contributed by atoms with Crippen molar-refractivity contribution in [2.24, 2.45) is 0 Å². The molecule has 0 aromatic heterocycles. The maximum Gasteiger partial charge on any atom is 0.340 e. The number of amides is 1. The van der Waals surface area contributed by atoms with Crippen LogP contribution in [-0.2, 0) is 9.53 Å². The van der Waals surface area contributed by atoms with Crippen molar-refractivity contribution >= 4 is 35.2 Å². The van der Waals surface area contributed by atoms with Crippen LogP contribution < -0.4 is 0 Å². The van der Waals surface area contributed by atoms with Crippen LogP contribution in [0.1, 0.15) is 43.5 Å². The van der Waals surface area contributed by atoms with Gasteiger partial charge in [-0.2, -0.15) is 0 Å². The predicted molar refractivity (Wildman–Crippen MR) is 93.1 cm³/mol. The first kappa shape index (κ1) is 18.1. The van der Waals surface area contributed by atoms with Crippen molar-refractivity contribution in [2.75, 3.05) is 12.9 Å². The molecule has 0 aliphatic carbocycles. The Labute approximate surface area is 146 Å². The first-order valence-electron chi connectivity index (χ1n) is 7.76. The molecule has 0 unspecified atom stereocenters. The van der Waals surface area contributed by atoms with Crippen molar-refractivity contribution in [1.82, 2.24) is 4.90 Å². The highest BCUT2D eigenvalue weighted by Crippen LogP contribution is 2.25. The largest absolute Gasteiger partial charge is 0.452 e. The zero-order valence-corrected chi connectivity index (χ0v) is 15.2. The second kappa shape index (κ2) is 8.06. The SMILES string of the molecule is CSc1ccc(Cl)c(C(=O)OCC(=O)N2[C@H](C)CCC[C@@H]2C)c1. The van der Waals surface area contributed by atoms with Gasteiger partial charge in [-0.15, -0.1) is 11.8 Å². The van der Waals surface area contributed by atoms with E-state index in [9.17, 15) is 9.59 Å². The summed E-state index contributed by atoms with van der Waals surface area (Å²) in [6.45, 7) is 3.83. The van der Waals surface area contributed by atoms with Crippen molar-refractivity contribution < 1.29 is 14.3 Å². The van der Waals surface area contributed by atoms with Gasteiger partial charge in [0, 0.05) is 17.0 Å². The zero-order valence-electron chi connectivity index (χ0n) is 13.7. The van der Waals surface area contributed by atoms with Crippen molar-refractivity contribution in [2.45, 2.75) is 50.1 Å². The van der Waals surface area contributed by atoms with Crippen LogP contribution in [0, 0.1) is 0 Å². The number of ether oxygens (including phenoxy) is 1. The van der Waals surface area contributed by atoms with Crippen LogP contribution in [0.2, 0.25) is 5.02 Å². The number of piperidine rings is 1. The molecule has 6 heteroatoms. The molecule has 1 aromatic rings. The molecule has 0 N–H and O–H groups in total. The number of rotatable bonds is 4. The van der Waals surface area contributed by atoms with Gasteiger partial charge in [-0.05, 0) is 57.6 Å². The summed E-state index contributed by atoms with van der Waals surface area (Å²) < 4.78 is 5.20. The molecule has 0 spiro atoms. The lowest BCUT2D eigenvalue weighted by atomic mass is 9.97. The summed E-state index contributed by atoms with van der Waals surface area (Å²) >= 11 is 7.57. The third-order valence-corrected chi connectivity index (χ3v) is 5.26. The summed E-state index contributed by atoms with van der Waals surface area (Å²) in [4.78, 5) is 27.3. The van der Waals surface area contributed by atoms with Crippen LogP contribution in [0.5, 0.6) is 0 Å². The van der Waals surface area contributed by atoms with Crippen LogP contribution >= 0.6 is 23.4 Å². The van der Waals surface area contributed by atoms with E-state index in [-0.39, 0.29) is 24.6 Å². The lowest BCUT2D eigenvalue weighted by molar-refractivity contribution is -0.140. The highest BCUT2D eigenvalue weighted by Gasteiger charge is 2.29. The summed E-state index contributed by atoms with van der Waals surface area (Å²) in [5.74, 6) is -0.702. The Balaban J connectivity index is 2.00. The fourth-order valence-electron chi connectivity index (χ4n) is 2.98. The highest BCUT2D eigenvalue weighted by atomic mass is 35.5. The summed E-state index contributed by atoms with van der Waals surface area (Å²) in [6, 6.07) is 5.57. The number of likely N-dealkylation sites (tertiary alicyclic amines) is 1. The molecule has 4 nitrogen and oxygen atoms in total. The second-order valence-corrected chi connectivity index (χ2v) is 7.14. The maximum absolute atomic E-state index is 12.4. The Morgan fingerprint density at radius 1 is 1.30 bits per heavy atom. The van der Waals surface area contributed by atoms with E-state index < -0.39 is 5.97 Å². The average Bonchev–Trinajstić information content (AvgIpc) is 2.53. The molecule has 1 aliphatic heterocycles. The van der Waals surface area contributed by atoms with Crippen molar-refractivity contribution in [1.29, 1.82) is 0 Å². The number of hydrogen-bond acceptors (Lipinski definition) is 4. The first-order valence-corrected chi connectivity index (χ1v) is 9.36. The lowest BCUT2D eigenvalue weighted by Gasteiger charge is -2.38. The minimum Gasteiger partial charge on any atom is -0.452 e. The molecule has 1 aromatic carbocycles. The molecular weight excluding hydrogens is 334 g/mol. The van der Waals surface area contributed by atoms with E-state index in [0.717, 1.165) is 24.2 Å². The van der Waals surface area contributed by atoms with E-state index in [2.05, 4.69) is 0 Å². The van der Waals surface area contributed by atoms with Crippen LogP contribution in [0.25, 0.3) is 0 Å². The molecule has 23 heavy (non-hydrogen) atoms. The van der Waals surface area contributed by atoms with Gasteiger partial charge in [0.05, 0.1) is 10.6 Å². The number of carbonyl (C=O) groups is 2. The van der Waals surface area contributed by atoms with Gasteiger partial charge < -0.3 is 9.64 Å². The van der Waals surface area contributed by atoms with Gasteiger partial charge in [0.1, 0.15) is 0 Å². The number of thioether (sulfide) groups is 1. The van der Waals surface area contributed by atoms with Gasteiger partial charge in [-0.3, -0.25) is 4.79 Å². The molecular formula is C17H22ClNO3S. The number of carbonyl (C=O) groups excluding carboxylic acids is 2. The smallest absolute Gasteiger partial charge is 0.340 e. The fourth-order valence-corrected chi connectivity index (χ4v) is 3.61. The maximum atomic E-state index is 12.4. The summed E-state index contributed by atoms with van der Waals surface area (Å²) in [5.41, 5.74) is 0.297. The lowest BCUT2D eigenvalue weighted by Crippen LogP contribution is -2.49. The van der Waals surface area contributed by atoms with Gasteiger partial charge >= 0.3 is 5.97 Å². The Bertz CT molecular complexity index is 583. The molecule has 2 atom stereocenters. The zero-order chi connectivity index (χ0) is 17.0.